The third-order valence-electron chi connectivity index (χ3n) is 5.38. The first-order valence-corrected chi connectivity index (χ1v) is 12.0. The number of aryl methyl sites for hydroxylation is 1. The molecular weight excluding hydrogens is 413 g/mol. The first-order valence-electron chi connectivity index (χ1n) is 10.1. The van der Waals surface area contributed by atoms with Gasteiger partial charge in [-0.05, 0) is 41.7 Å². The van der Waals surface area contributed by atoms with Crippen molar-refractivity contribution in [3.63, 3.8) is 0 Å². The molecule has 1 atom stereocenters. The van der Waals surface area contributed by atoms with Gasteiger partial charge in [-0.25, -0.2) is 12.8 Å². The van der Waals surface area contributed by atoms with E-state index in [1.165, 1.54) is 12.1 Å². The number of hydrogen-bond acceptors (Lipinski definition) is 3. The van der Waals surface area contributed by atoms with Crippen LogP contribution in [0.1, 0.15) is 29.2 Å². The van der Waals surface area contributed by atoms with E-state index in [1.54, 1.807) is 11.9 Å². The molecule has 3 rings (SSSR count). The summed E-state index contributed by atoms with van der Waals surface area (Å²) in [7, 11) is -1.70. The van der Waals surface area contributed by atoms with Gasteiger partial charge < -0.3 is 4.90 Å². The van der Waals surface area contributed by atoms with Crippen molar-refractivity contribution in [3.05, 3.63) is 101 Å². The van der Waals surface area contributed by atoms with Crippen LogP contribution in [0.15, 0.2) is 83.8 Å². The van der Waals surface area contributed by atoms with Crippen molar-refractivity contribution in [2.75, 3.05) is 13.3 Å². The van der Waals surface area contributed by atoms with Gasteiger partial charge in [0.25, 0.3) is 0 Å². The maximum atomic E-state index is 14.4. The fraction of sp³-hybridized carbons (Fsp3) is 0.240. The molecule has 0 fully saturated rings. The minimum absolute atomic E-state index is 0.0656. The maximum Gasteiger partial charge on any atom is 0.223 e. The Hall–Kier alpha value is -2.99. The molecule has 162 valence electrons. The molecule has 0 radical (unpaired) electrons. The van der Waals surface area contributed by atoms with Crippen LogP contribution >= 0.6 is 0 Å². The van der Waals surface area contributed by atoms with Crippen LogP contribution < -0.4 is 0 Å². The molecule has 31 heavy (non-hydrogen) atoms. The Kier molecular flexibility index (Phi) is 7.23. The zero-order chi connectivity index (χ0) is 22.4. The molecule has 0 aliphatic carbocycles. The highest BCUT2D eigenvalue weighted by Crippen LogP contribution is 2.25. The van der Waals surface area contributed by atoms with Crippen molar-refractivity contribution in [3.8, 4) is 0 Å². The Morgan fingerprint density at radius 2 is 1.58 bits per heavy atom. The number of sulfone groups is 1. The summed E-state index contributed by atoms with van der Waals surface area (Å²) in [6.45, 7) is 0. The molecule has 0 saturated carbocycles. The molecular formula is C25H26FNO3S. The first kappa shape index (κ1) is 22.7. The van der Waals surface area contributed by atoms with Gasteiger partial charge in [0.1, 0.15) is 5.82 Å². The molecule has 3 aromatic rings. The molecule has 0 spiro atoms. The van der Waals surface area contributed by atoms with E-state index < -0.39 is 15.7 Å². The monoisotopic (exact) mass is 439 g/mol. The van der Waals surface area contributed by atoms with Crippen molar-refractivity contribution in [1.82, 2.24) is 4.90 Å². The van der Waals surface area contributed by atoms with Gasteiger partial charge in [-0.2, -0.15) is 0 Å². The van der Waals surface area contributed by atoms with E-state index in [2.05, 4.69) is 0 Å². The molecule has 0 heterocycles. The highest BCUT2D eigenvalue weighted by atomic mass is 32.2. The summed E-state index contributed by atoms with van der Waals surface area (Å²) in [4.78, 5) is 14.6. The van der Waals surface area contributed by atoms with Crippen LogP contribution in [0, 0.1) is 5.82 Å². The van der Waals surface area contributed by atoms with Crippen LogP contribution in [0.4, 0.5) is 4.39 Å². The van der Waals surface area contributed by atoms with Crippen molar-refractivity contribution in [1.29, 1.82) is 0 Å². The predicted octanol–water partition coefficient (Wildman–Crippen LogP) is 4.60. The van der Waals surface area contributed by atoms with Crippen LogP contribution in [0.2, 0.25) is 0 Å². The summed E-state index contributed by atoms with van der Waals surface area (Å²) in [5.74, 6) is -0.710. The van der Waals surface area contributed by atoms with E-state index in [1.807, 2.05) is 60.7 Å². The van der Waals surface area contributed by atoms with Gasteiger partial charge in [0.2, 0.25) is 5.91 Å². The van der Waals surface area contributed by atoms with Gasteiger partial charge in [0.05, 0.1) is 10.9 Å². The largest absolute Gasteiger partial charge is 0.338 e. The van der Waals surface area contributed by atoms with Crippen LogP contribution in [-0.2, 0) is 27.5 Å². The Morgan fingerprint density at radius 3 is 2.16 bits per heavy atom. The number of halogens is 1. The third-order valence-corrected chi connectivity index (χ3v) is 6.49. The summed E-state index contributed by atoms with van der Waals surface area (Å²) in [5, 5.41) is 0. The average molecular weight is 440 g/mol. The van der Waals surface area contributed by atoms with Crippen molar-refractivity contribution < 1.29 is 17.6 Å². The third kappa shape index (κ3) is 6.01. The molecule has 1 unspecified atom stereocenters. The van der Waals surface area contributed by atoms with E-state index in [9.17, 15) is 17.6 Å². The topological polar surface area (TPSA) is 54.5 Å². The second-order valence-electron chi connectivity index (χ2n) is 7.65. The number of benzene rings is 3. The predicted molar refractivity (Wildman–Crippen MR) is 120 cm³/mol. The second-order valence-corrected chi connectivity index (χ2v) is 9.66. The lowest BCUT2D eigenvalue weighted by Crippen LogP contribution is -2.32. The first-order chi connectivity index (χ1) is 14.8. The van der Waals surface area contributed by atoms with E-state index in [0.717, 1.165) is 23.4 Å². The summed E-state index contributed by atoms with van der Waals surface area (Å²) in [6, 6.07) is 23.5. The molecule has 0 aliphatic rings. The summed E-state index contributed by atoms with van der Waals surface area (Å²) in [6.07, 6.45) is 2.04. The number of likely N-dealkylation sites (N-methyl/N-ethyl adjacent to an activating group) is 1. The smallest absolute Gasteiger partial charge is 0.223 e. The summed E-state index contributed by atoms with van der Waals surface area (Å²) in [5.41, 5.74) is 2.48. The summed E-state index contributed by atoms with van der Waals surface area (Å²) >= 11 is 0. The van der Waals surface area contributed by atoms with Crippen LogP contribution in [0.25, 0.3) is 0 Å². The number of rotatable bonds is 8. The number of carbonyl (C=O) groups is 1. The van der Waals surface area contributed by atoms with Crippen molar-refractivity contribution in [2.45, 2.75) is 30.2 Å². The molecule has 3 aromatic carbocycles. The minimum Gasteiger partial charge on any atom is -0.338 e. The molecule has 6 heteroatoms. The van der Waals surface area contributed by atoms with Crippen LogP contribution in [0.3, 0.4) is 0 Å². The lowest BCUT2D eigenvalue weighted by Gasteiger charge is -2.29. The molecule has 4 nitrogen and oxygen atoms in total. The second kappa shape index (κ2) is 9.88. The normalized spacial score (nSPS) is 12.4. The van der Waals surface area contributed by atoms with Gasteiger partial charge in [0.15, 0.2) is 9.84 Å². The lowest BCUT2D eigenvalue weighted by molar-refractivity contribution is -0.132. The molecule has 0 aromatic heterocycles. The standard InChI is InChI=1S/C25H26FNO3S/c1-27(24(21-11-7-4-8-12-21)17-19-9-5-3-6-10-19)25(28)16-14-20-13-15-22(18-23(20)26)31(2,29)30/h3-13,15,18,24H,14,16-17H2,1-2H3. The maximum absolute atomic E-state index is 14.4. The summed E-state index contributed by atoms with van der Waals surface area (Å²) < 4.78 is 37.5. The molecule has 0 saturated heterocycles. The number of nitrogens with zero attached hydrogens (tertiary/aromatic N) is 1. The van der Waals surface area contributed by atoms with E-state index in [4.69, 9.17) is 0 Å². The van der Waals surface area contributed by atoms with E-state index in [0.29, 0.717) is 12.0 Å². The van der Waals surface area contributed by atoms with Gasteiger partial charge in [0, 0.05) is 19.7 Å². The Balaban J connectivity index is 1.74. The average Bonchev–Trinajstić information content (AvgIpc) is 2.76. The minimum atomic E-state index is -3.47. The van der Waals surface area contributed by atoms with Crippen molar-refractivity contribution in [2.24, 2.45) is 0 Å². The van der Waals surface area contributed by atoms with Gasteiger partial charge in [-0.3, -0.25) is 4.79 Å². The van der Waals surface area contributed by atoms with E-state index in [-0.39, 0.29) is 29.7 Å². The fourth-order valence-electron chi connectivity index (χ4n) is 3.54. The Morgan fingerprint density at radius 1 is 0.968 bits per heavy atom. The Labute approximate surface area is 183 Å². The van der Waals surface area contributed by atoms with E-state index >= 15 is 0 Å². The molecule has 0 bridgehead atoms. The molecule has 0 N–H and O–H groups in total. The quantitative estimate of drug-likeness (QED) is 0.515. The van der Waals surface area contributed by atoms with Crippen LogP contribution in [-0.4, -0.2) is 32.5 Å². The highest BCUT2D eigenvalue weighted by Gasteiger charge is 2.22. The SMILES string of the molecule is CN(C(=O)CCc1ccc(S(C)(=O)=O)cc1F)C(Cc1ccccc1)c1ccccc1. The number of hydrogen-bond donors (Lipinski definition) is 0. The number of carbonyl (C=O) groups excluding carboxylic acids is 1. The molecule has 0 aliphatic heterocycles. The van der Waals surface area contributed by atoms with Crippen molar-refractivity contribution >= 4 is 15.7 Å². The Bertz CT molecular complexity index is 1130. The zero-order valence-corrected chi connectivity index (χ0v) is 18.5. The highest BCUT2D eigenvalue weighted by molar-refractivity contribution is 7.90. The number of amides is 1. The van der Waals surface area contributed by atoms with Gasteiger partial charge >= 0.3 is 0 Å². The van der Waals surface area contributed by atoms with Gasteiger partial charge in [-0.15, -0.1) is 0 Å². The van der Waals surface area contributed by atoms with Crippen LogP contribution in [0.5, 0.6) is 0 Å². The van der Waals surface area contributed by atoms with Gasteiger partial charge in [-0.1, -0.05) is 66.7 Å². The molecule has 1 amide bonds. The zero-order valence-electron chi connectivity index (χ0n) is 17.7. The lowest BCUT2D eigenvalue weighted by atomic mass is 9.97. The fourth-order valence-corrected chi connectivity index (χ4v) is 4.18.